The van der Waals surface area contributed by atoms with E-state index >= 15 is 0 Å². The molecule has 1 heterocycles. The first-order valence-electron chi connectivity index (χ1n) is 3.78. The van der Waals surface area contributed by atoms with Gasteiger partial charge in [0.15, 0.2) is 0 Å². The Morgan fingerprint density at radius 3 is 2.75 bits per heavy atom. The Hall–Kier alpha value is -0.930. The maximum Gasteiger partial charge on any atom is 0.0886 e. The SMILES string of the molecule is NC(S)c1cc2ccccc2[nH]1. The van der Waals surface area contributed by atoms with Crippen LogP contribution >= 0.6 is 12.6 Å². The van der Waals surface area contributed by atoms with Gasteiger partial charge in [-0.15, -0.1) is 0 Å². The molecule has 1 atom stereocenters. The number of fused-ring (bicyclic) bond motifs is 1. The molecule has 12 heavy (non-hydrogen) atoms. The first kappa shape index (κ1) is 7.71. The van der Waals surface area contributed by atoms with E-state index in [1.807, 2.05) is 30.3 Å². The van der Waals surface area contributed by atoms with Crippen LogP contribution in [-0.2, 0) is 0 Å². The summed E-state index contributed by atoms with van der Waals surface area (Å²) in [6, 6.07) is 10.1. The minimum atomic E-state index is -0.225. The number of aromatic amines is 1. The van der Waals surface area contributed by atoms with Crippen LogP contribution in [-0.4, -0.2) is 4.98 Å². The smallest absolute Gasteiger partial charge is 0.0886 e. The number of nitrogens with two attached hydrogens (primary N) is 1. The molecule has 2 nitrogen and oxygen atoms in total. The van der Waals surface area contributed by atoms with Crippen LogP contribution in [0.15, 0.2) is 30.3 Å². The van der Waals surface area contributed by atoms with Crippen LogP contribution in [0.3, 0.4) is 0 Å². The highest BCUT2D eigenvalue weighted by molar-refractivity contribution is 7.80. The van der Waals surface area contributed by atoms with Gasteiger partial charge in [-0.2, -0.15) is 12.6 Å². The van der Waals surface area contributed by atoms with Gasteiger partial charge in [0.25, 0.3) is 0 Å². The average Bonchev–Trinajstić information content (AvgIpc) is 2.46. The molecule has 0 aliphatic heterocycles. The normalized spacial score (nSPS) is 13.5. The molecule has 2 rings (SSSR count). The first-order chi connectivity index (χ1) is 5.77. The van der Waals surface area contributed by atoms with Crippen molar-refractivity contribution in [2.45, 2.75) is 5.37 Å². The van der Waals surface area contributed by atoms with Gasteiger partial charge >= 0.3 is 0 Å². The predicted molar refractivity (Wildman–Crippen MR) is 54.2 cm³/mol. The van der Waals surface area contributed by atoms with E-state index in [9.17, 15) is 0 Å². The summed E-state index contributed by atoms with van der Waals surface area (Å²) in [5, 5.41) is 0.953. The second-order valence-corrected chi connectivity index (χ2v) is 3.31. The summed E-state index contributed by atoms with van der Waals surface area (Å²) < 4.78 is 0. The van der Waals surface area contributed by atoms with Crippen molar-refractivity contribution >= 4 is 23.5 Å². The number of hydrogen-bond acceptors (Lipinski definition) is 2. The highest BCUT2D eigenvalue weighted by Crippen LogP contribution is 2.19. The van der Waals surface area contributed by atoms with Gasteiger partial charge in [0, 0.05) is 11.2 Å². The Bertz CT molecular complexity index is 359. The van der Waals surface area contributed by atoms with Crippen molar-refractivity contribution in [1.82, 2.24) is 4.98 Å². The monoisotopic (exact) mass is 178 g/mol. The predicted octanol–water partition coefficient (Wildman–Crippen LogP) is 2.05. The number of benzene rings is 1. The third-order valence-corrected chi connectivity index (χ3v) is 2.15. The fraction of sp³-hybridized carbons (Fsp3) is 0.111. The fourth-order valence-electron chi connectivity index (χ4n) is 1.26. The van der Waals surface area contributed by atoms with Crippen molar-refractivity contribution in [3.63, 3.8) is 0 Å². The molecule has 2 aromatic rings. The Morgan fingerprint density at radius 2 is 2.08 bits per heavy atom. The van der Waals surface area contributed by atoms with Crippen molar-refractivity contribution in [1.29, 1.82) is 0 Å². The molecular formula is C9H10N2S. The van der Waals surface area contributed by atoms with E-state index in [1.54, 1.807) is 0 Å². The summed E-state index contributed by atoms with van der Waals surface area (Å²) in [4.78, 5) is 3.19. The maximum atomic E-state index is 5.61. The van der Waals surface area contributed by atoms with Gasteiger partial charge in [0.05, 0.1) is 5.37 Å². The van der Waals surface area contributed by atoms with Crippen molar-refractivity contribution in [3.05, 3.63) is 36.0 Å². The zero-order valence-electron chi connectivity index (χ0n) is 6.49. The molecule has 0 aliphatic carbocycles. The van der Waals surface area contributed by atoms with E-state index in [4.69, 9.17) is 5.73 Å². The largest absolute Gasteiger partial charge is 0.356 e. The van der Waals surface area contributed by atoms with Crippen LogP contribution in [0.1, 0.15) is 11.1 Å². The maximum absolute atomic E-state index is 5.61. The van der Waals surface area contributed by atoms with E-state index in [0.29, 0.717) is 0 Å². The Kier molecular flexibility index (Phi) is 1.83. The van der Waals surface area contributed by atoms with E-state index in [2.05, 4.69) is 17.6 Å². The molecular weight excluding hydrogens is 168 g/mol. The lowest BCUT2D eigenvalue weighted by atomic mass is 10.2. The van der Waals surface area contributed by atoms with Crippen LogP contribution < -0.4 is 5.73 Å². The number of aromatic nitrogens is 1. The molecule has 0 bridgehead atoms. The third kappa shape index (κ3) is 1.21. The Labute approximate surface area is 76.2 Å². The summed E-state index contributed by atoms with van der Waals surface area (Å²) in [6.07, 6.45) is 0. The number of para-hydroxylation sites is 1. The summed E-state index contributed by atoms with van der Waals surface area (Å²) in [6.45, 7) is 0. The van der Waals surface area contributed by atoms with Crippen LogP contribution in [0.2, 0.25) is 0 Å². The molecule has 3 heteroatoms. The van der Waals surface area contributed by atoms with Gasteiger partial charge in [0.1, 0.15) is 0 Å². The van der Waals surface area contributed by atoms with Crippen molar-refractivity contribution in [2.24, 2.45) is 5.73 Å². The number of hydrogen-bond donors (Lipinski definition) is 3. The Balaban J connectivity index is 2.62. The lowest BCUT2D eigenvalue weighted by Crippen LogP contribution is -2.01. The molecule has 1 aromatic heterocycles. The highest BCUT2D eigenvalue weighted by Gasteiger charge is 2.03. The Morgan fingerprint density at radius 1 is 1.33 bits per heavy atom. The van der Waals surface area contributed by atoms with E-state index in [-0.39, 0.29) is 5.37 Å². The summed E-state index contributed by atoms with van der Waals surface area (Å²) >= 11 is 4.14. The number of nitrogens with one attached hydrogen (secondary N) is 1. The third-order valence-electron chi connectivity index (χ3n) is 1.87. The molecule has 0 radical (unpaired) electrons. The summed E-state index contributed by atoms with van der Waals surface area (Å²) in [5.41, 5.74) is 7.68. The van der Waals surface area contributed by atoms with Crippen molar-refractivity contribution in [2.75, 3.05) is 0 Å². The fourth-order valence-corrected chi connectivity index (χ4v) is 1.39. The average molecular weight is 178 g/mol. The van der Waals surface area contributed by atoms with Crippen LogP contribution in [0.5, 0.6) is 0 Å². The lowest BCUT2D eigenvalue weighted by molar-refractivity contribution is 0.996. The van der Waals surface area contributed by atoms with Gasteiger partial charge in [-0.05, 0) is 17.5 Å². The molecule has 0 spiro atoms. The first-order valence-corrected chi connectivity index (χ1v) is 4.30. The molecule has 0 saturated carbocycles. The molecule has 0 amide bonds. The lowest BCUT2D eigenvalue weighted by Gasteiger charge is -1.97. The van der Waals surface area contributed by atoms with Crippen LogP contribution in [0.4, 0.5) is 0 Å². The minimum Gasteiger partial charge on any atom is -0.356 e. The topological polar surface area (TPSA) is 41.8 Å². The van der Waals surface area contributed by atoms with Crippen LogP contribution in [0.25, 0.3) is 10.9 Å². The van der Waals surface area contributed by atoms with Gasteiger partial charge in [0.2, 0.25) is 0 Å². The molecule has 1 unspecified atom stereocenters. The van der Waals surface area contributed by atoms with E-state index in [0.717, 1.165) is 11.2 Å². The zero-order chi connectivity index (χ0) is 8.55. The summed E-state index contributed by atoms with van der Waals surface area (Å²) in [7, 11) is 0. The van der Waals surface area contributed by atoms with E-state index < -0.39 is 0 Å². The van der Waals surface area contributed by atoms with Crippen molar-refractivity contribution < 1.29 is 0 Å². The zero-order valence-corrected chi connectivity index (χ0v) is 7.38. The van der Waals surface area contributed by atoms with E-state index in [1.165, 1.54) is 5.39 Å². The standard InChI is InChI=1S/C9H10N2S/c10-9(12)8-5-6-3-1-2-4-7(6)11-8/h1-5,9,11-12H,10H2. The number of H-pyrrole nitrogens is 1. The molecule has 0 aliphatic rings. The van der Waals surface area contributed by atoms with Crippen LogP contribution in [0, 0.1) is 0 Å². The molecule has 1 aromatic carbocycles. The second-order valence-electron chi connectivity index (χ2n) is 2.76. The van der Waals surface area contributed by atoms with Gasteiger partial charge in [-0.1, -0.05) is 18.2 Å². The second kappa shape index (κ2) is 2.84. The number of rotatable bonds is 1. The summed E-state index contributed by atoms with van der Waals surface area (Å²) in [5.74, 6) is 0. The minimum absolute atomic E-state index is 0.225. The van der Waals surface area contributed by atoms with Gasteiger partial charge in [-0.3, -0.25) is 0 Å². The molecule has 3 N–H and O–H groups in total. The molecule has 0 saturated heterocycles. The van der Waals surface area contributed by atoms with Crippen molar-refractivity contribution in [3.8, 4) is 0 Å². The molecule has 62 valence electrons. The van der Waals surface area contributed by atoms with Gasteiger partial charge < -0.3 is 10.7 Å². The van der Waals surface area contributed by atoms with Gasteiger partial charge in [-0.25, -0.2) is 0 Å². The number of thiol groups is 1. The quantitative estimate of drug-likeness (QED) is 0.454. The molecule has 0 fully saturated rings. The highest BCUT2D eigenvalue weighted by atomic mass is 32.1.